The number of halogens is 1. The Morgan fingerprint density at radius 3 is 2.69 bits per heavy atom. The quantitative estimate of drug-likeness (QED) is 0.612. The van der Waals surface area contributed by atoms with Gasteiger partial charge in [0.05, 0.1) is 5.92 Å². The summed E-state index contributed by atoms with van der Waals surface area (Å²) in [6, 6.07) is 4.54. The van der Waals surface area contributed by atoms with E-state index < -0.39 is 10.8 Å². The number of phenolic OH excluding ortho intramolecular Hbond substituents is 1. The van der Waals surface area contributed by atoms with Gasteiger partial charge in [-0.05, 0) is 18.6 Å². The minimum Gasteiger partial charge on any atom is -0.508 e. The van der Waals surface area contributed by atoms with Crippen LogP contribution >= 0.6 is 11.6 Å². The van der Waals surface area contributed by atoms with Gasteiger partial charge < -0.3 is 10.2 Å². The van der Waals surface area contributed by atoms with Crippen molar-refractivity contribution in [3.8, 4) is 5.75 Å². The number of phenols is 1. The molecule has 6 heteroatoms. The van der Waals surface area contributed by atoms with Crippen molar-refractivity contribution in [2.75, 3.05) is 13.2 Å². The lowest BCUT2D eigenvalue weighted by Crippen LogP contribution is -2.14. The number of aliphatic hydroxyl groups is 1. The van der Waals surface area contributed by atoms with E-state index in [1.165, 1.54) is 6.07 Å². The van der Waals surface area contributed by atoms with Crippen LogP contribution in [0, 0.1) is 10.1 Å². The number of nitrogens with zero attached hydrogens (tertiary/aromatic N) is 1. The van der Waals surface area contributed by atoms with Gasteiger partial charge >= 0.3 is 0 Å². The smallest absolute Gasteiger partial charge is 0.210 e. The zero-order chi connectivity index (χ0) is 12.1. The Hall–Kier alpha value is -1.33. The van der Waals surface area contributed by atoms with Crippen LogP contribution in [0.5, 0.6) is 5.75 Å². The maximum atomic E-state index is 10.5. The molecule has 0 bridgehead atoms. The summed E-state index contributed by atoms with van der Waals surface area (Å²) in [5.41, 5.74) is 0.329. The molecule has 0 fully saturated rings. The van der Waals surface area contributed by atoms with E-state index in [0.717, 1.165) is 0 Å². The molecule has 1 aromatic rings. The molecule has 0 aliphatic rings. The standard InChI is InChI=1S/C10H12ClNO4/c11-8-2-1-3-9(14)10(8)7(4-5-13)6-12(15)16/h1-3,7,13-14H,4-6H2. The van der Waals surface area contributed by atoms with Gasteiger partial charge in [-0.25, -0.2) is 0 Å². The van der Waals surface area contributed by atoms with Gasteiger partial charge in [0.2, 0.25) is 6.54 Å². The molecule has 0 saturated carbocycles. The zero-order valence-corrected chi connectivity index (χ0v) is 9.22. The zero-order valence-electron chi connectivity index (χ0n) is 8.47. The van der Waals surface area contributed by atoms with E-state index in [1.54, 1.807) is 12.1 Å². The number of hydrogen-bond donors (Lipinski definition) is 2. The van der Waals surface area contributed by atoms with E-state index in [4.69, 9.17) is 16.7 Å². The molecule has 1 atom stereocenters. The number of benzene rings is 1. The molecule has 16 heavy (non-hydrogen) atoms. The SMILES string of the molecule is O=[N+]([O-])CC(CCO)c1c(O)cccc1Cl. The first-order valence-electron chi connectivity index (χ1n) is 4.76. The fourth-order valence-corrected chi connectivity index (χ4v) is 1.92. The van der Waals surface area contributed by atoms with Crippen LogP contribution in [0.2, 0.25) is 5.02 Å². The van der Waals surface area contributed by atoms with Crippen LogP contribution in [0.3, 0.4) is 0 Å². The molecule has 1 aromatic carbocycles. The summed E-state index contributed by atoms with van der Waals surface area (Å²) < 4.78 is 0. The summed E-state index contributed by atoms with van der Waals surface area (Å²) in [4.78, 5) is 10.00. The van der Waals surface area contributed by atoms with Gasteiger partial charge in [0.15, 0.2) is 0 Å². The Morgan fingerprint density at radius 2 is 2.19 bits per heavy atom. The highest BCUT2D eigenvalue weighted by Crippen LogP contribution is 2.34. The molecule has 1 rings (SSSR count). The molecule has 5 nitrogen and oxygen atoms in total. The monoisotopic (exact) mass is 245 g/mol. The molecule has 0 amide bonds. The van der Waals surface area contributed by atoms with Crippen molar-refractivity contribution >= 4 is 11.6 Å². The molecule has 0 spiro atoms. The third-order valence-electron chi connectivity index (χ3n) is 2.29. The predicted octanol–water partition coefficient (Wildman–Crippen LogP) is 1.79. The van der Waals surface area contributed by atoms with Crippen LogP contribution in [-0.4, -0.2) is 28.3 Å². The normalized spacial score (nSPS) is 12.4. The first-order valence-corrected chi connectivity index (χ1v) is 5.14. The Morgan fingerprint density at radius 1 is 1.50 bits per heavy atom. The summed E-state index contributed by atoms with van der Waals surface area (Å²) in [5.74, 6) is -0.651. The van der Waals surface area contributed by atoms with Gasteiger partial charge in [-0.2, -0.15) is 0 Å². The van der Waals surface area contributed by atoms with Crippen molar-refractivity contribution in [2.24, 2.45) is 0 Å². The first-order chi connectivity index (χ1) is 7.56. The van der Waals surface area contributed by atoms with Gasteiger partial charge in [0.25, 0.3) is 0 Å². The Bertz CT molecular complexity index is 363. The molecule has 0 aromatic heterocycles. The van der Waals surface area contributed by atoms with Crippen LogP contribution in [0.1, 0.15) is 17.9 Å². The number of rotatable bonds is 5. The summed E-state index contributed by atoms with van der Waals surface area (Å²) in [5, 5.41) is 29.2. The Balaban J connectivity index is 3.04. The minimum absolute atomic E-state index is 0.0761. The lowest BCUT2D eigenvalue weighted by molar-refractivity contribution is -0.483. The van der Waals surface area contributed by atoms with Crippen molar-refractivity contribution in [2.45, 2.75) is 12.3 Å². The van der Waals surface area contributed by atoms with Crippen LogP contribution in [0.4, 0.5) is 0 Å². The van der Waals surface area contributed by atoms with Gasteiger partial charge in [-0.3, -0.25) is 10.1 Å². The summed E-state index contributed by atoms with van der Waals surface area (Å²) in [7, 11) is 0. The van der Waals surface area contributed by atoms with Crippen LogP contribution in [-0.2, 0) is 0 Å². The molecule has 0 radical (unpaired) electrons. The van der Waals surface area contributed by atoms with E-state index >= 15 is 0 Å². The van der Waals surface area contributed by atoms with Gasteiger partial charge in [0.1, 0.15) is 5.75 Å². The lowest BCUT2D eigenvalue weighted by Gasteiger charge is -2.14. The molecule has 0 aliphatic heterocycles. The van der Waals surface area contributed by atoms with Crippen molar-refractivity contribution in [1.82, 2.24) is 0 Å². The van der Waals surface area contributed by atoms with Crippen molar-refractivity contribution in [1.29, 1.82) is 0 Å². The highest BCUT2D eigenvalue weighted by molar-refractivity contribution is 6.31. The van der Waals surface area contributed by atoms with Crippen LogP contribution < -0.4 is 0 Å². The van der Waals surface area contributed by atoms with E-state index in [0.29, 0.717) is 5.56 Å². The van der Waals surface area contributed by atoms with E-state index in [2.05, 4.69) is 0 Å². The van der Waals surface area contributed by atoms with E-state index in [9.17, 15) is 15.2 Å². The molecule has 1 unspecified atom stereocenters. The van der Waals surface area contributed by atoms with Gasteiger partial charge in [0, 0.05) is 22.1 Å². The number of hydrogen-bond acceptors (Lipinski definition) is 4. The van der Waals surface area contributed by atoms with Crippen molar-refractivity contribution in [3.63, 3.8) is 0 Å². The van der Waals surface area contributed by atoms with Crippen LogP contribution in [0.25, 0.3) is 0 Å². The largest absolute Gasteiger partial charge is 0.508 e. The molecule has 0 aliphatic carbocycles. The molecule has 2 N–H and O–H groups in total. The Kier molecular flexibility index (Phi) is 4.52. The third-order valence-corrected chi connectivity index (χ3v) is 2.61. The molecule has 0 heterocycles. The maximum Gasteiger partial charge on any atom is 0.210 e. The number of aromatic hydroxyl groups is 1. The van der Waals surface area contributed by atoms with Crippen molar-refractivity contribution in [3.05, 3.63) is 38.9 Å². The second-order valence-corrected chi connectivity index (χ2v) is 3.80. The highest BCUT2D eigenvalue weighted by atomic mass is 35.5. The highest BCUT2D eigenvalue weighted by Gasteiger charge is 2.22. The second kappa shape index (κ2) is 5.67. The summed E-state index contributed by atoms with van der Waals surface area (Å²) in [6.45, 7) is -0.555. The van der Waals surface area contributed by atoms with E-state index in [1.807, 2.05) is 0 Å². The third kappa shape index (κ3) is 3.08. The molecule has 0 saturated heterocycles. The van der Waals surface area contributed by atoms with Gasteiger partial charge in [-0.15, -0.1) is 0 Å². The topological polar surface area (TPSA) is 83.6 Å². The predicted molar refractivity (Wildman–Crippen MR) is 59.4 cm³/mol. The van der Waals surface area contributed by atoms with E-state index in [-0.39, 0.29) is 30.3 Å². The van der Waals surface area contributed by atoms with Crippen molar-refractivity contribution < 1.29 is 15.1 Å². The molecular weight excluding hydrogens is 234 g/mol. The van der Waals surface area contributed by atoms with Crippen LogP contribution in [0.15, 0.2) is 18.2 Å². The Labute approximate surface area is 97.4 Å². The lowest BCUT2D eigenvalue weighted by atomic mass is 9.95. The number of aliphatic hydroxyl groups excluding tert-OH is 1. The number of nitro groups is 1. The fraction of sp³-hybridized carbons (Fsp3) is 0.400. The molecular formula is C10H12ClNO4. The second-order valence-electron chi connectivity index (χ2n) is 3.40. The average Bonchev–Trinajstić information content (AvgIpc) is 2.16. The first kappa shape index (κ1) is 12.7. The maximum absolute atomic E-state index is 10.5. The average molecular weight is 246 g/mol. The summed E-state index contributed by atoms with van der Waals surface area (Å²) >= 11 is 5.88. The minimum atomic E-state index is -0.575. The molecule has 88 valence electrons. The van der Waals surface area contributed by atoms with Gasteiger partial charge in [-0.1, -0.05) is 17.7 Å². The summed E-state index contributed by atoms with van der Waals surface area (Å²) in [6.07, 6.45) is 0.193. The fourth-order valence-electron chi connectivity index (χ4n) is 1.59.